The molecule has 1 rings (SSSR count). The predicted octanol–water partition coefficient (Wildman–Crippen LogP) is 0.472. The molecule has 0 aromatic carbocycles. The largest absolute Gasteiger partial charge is 0.385 e. The lowest BCUT2D eigenvalue weighted by molar-refractivity contribution is -0.129. The van der Waals surface area contributed by atoms with Crippen LogP contribution >= 0.6 is 0 Å². The molecule has 0 aromatic heterocycles. The first-order valence-corrected chi connectivity index (χ1v) is 3.93. The van der Waals surface area contributed by atoms with Crippen molar-refractivity contribution in [3.05, 3.63) is 12.2 Å². The van der Waals surface area contributed by atoms with Crippen LogP contribution in [0.25, 0.3) is 0 Å². The van der Waals surface area contributed by atoms with Crippen LogP contribution in [0.5, 0.6) is 0 Å². The van der Waals surface area contributed by atoms with Gasteiger partial charge in [-0.1, -0.05) is 6.58 Å². The lowest BCUT2D eigenvalue weighted by atomic mass is 9.81. The van der Waals surface area contributed by atoms with E-state index < -0.39 is 6.10 Å². The molecular formula is C9H12O3. The van der Waals surface area contributed by atoms with E-state index in [4.69, 9.17) is 0 Å². The number of hydrogen-bond acceptors (Lipinski definition) is 3. The quantitative estimate of drug-likeness (QED) is 0.579. The van der Waals surface area contributed by atoms with Gasteiger partial charge in [-0.3, -0.25) is 9.59 Å². The van der Waals surface area contributed by atoms with Crippen LogP contribution in [-0.4, -0.2) is 22.8 Å². The second-order valence-electron chi connectivity index (χ2n) is 3.23. The molecule has 0 bridgehead atoms. The molecule has 0 amide bonds. The number of aliphatic hydroxyl groups excluding tert-OH is 1. The maximum absolute atomic E-state index is 11.0. The number of carbonyl (C=O) groups excluding carboxylic acids is 2. The van der Waals surface area contributed by atoms with Crippen LogP contribution in [0.15, 0.2) is 12.2 Å². The molecule has 66 valence electrons. The van der Waals surface area contributed by atoms with Crippen LogP contribution in [-0.2, 0) is 9.59 Å². The summed E-state index contributed by atoms with van der Waals surface area (Å²) in [6.45, 7) is 4.99. The van der Waals surface area contributed by atoms with Crippen molar-refractivity contribution in [2.24, 2.45) is 5.92 Å². The summed E-state index contributed by atoms with van der Waals surface area (Å²) in [7, 11) is 0. The van der Waals surface area contributed by atoms with Crippen LogP contribution in [0.4, 0.5) is 0 Å². The minimum Gasteiger partial charge on any atom is -0.385 e. The summed E-state index contributed by atoms with van der Waals surface area (Å²) in [6.07, 6.45) is -0.349. The second kappa shape index (κ2) is 3.19. The molecule has 2 atom stereocenters. The summed E-state index contributed by atoms with van der Waals surface area (Å²) >= 11 is 0. The van der Waals surface area contributed by atoms with Crippen LogP contribution in [0, 0.1) is 5.92 Å². The number of hydrogen-bond donors (Lipinski definition) is 1. The van der Waals surface area contributed by atoms with E-state index in [2.05, 4.69) is 6.58 Å². The average Bonchev–Trinajstić information content (AvgIpc) is 1.99. The zero-order valence-corrected chi connectivity index (χ0v) is 7.04. The van der Waals surface area contributed by atoms with Crippen molar-refractivity contribution < 1.29 is 14.7 Å². The van der Waals surface area contributed by atoms with Gasteiger partial charge in [-0.15, -0.1) is 0 Å². The molecule has 1 aliphatic rings. The van der Waals surface area contributed by atoms with E-state index in [1.165, 1.54) is 6.92 Å². The molecule has 12 heavy (non-hydrogen) atoms. The Balaban J connectivity index is 2.72. The van der Waals surface area contributed by atoms with Gasteiger partial charge < -0.3 is 5.11 Å². The van der Waals surface area contributed by atoms with Gasteiger partial charge >= 0.3 is 0 Å². The fourth-order valence-corrected chi connectivity index (χ4v) is 1.40. The molecular weight excluding hydrogens is 156 g/mol. The minimum absolute atomic E-state index is 0.0164. The predicted molar refractivity (Wildman–Crippen MR) is 43.6 cm³/mol. The standard InChI is InChI=1S/C9H12O3/c1-5-3-7(6(2)10)4-8(11)9(5)12/h7-8,11H,1,3-4H2,2H3. The van der Waals surface area contributed by atoms with Crippen molar-refractivity contribution in [2.75, 3.05) is 0 Å². The highest BCUT2D eigenvalue weighted by atomic mass is 16.3. The van der Waals surface area contributed by atoms with Crippen molar-refractivity contribution in [2.45, 2.75) is 25.9 Å². The Bertz CT molecular complexity index is 242. The molecule has 3 nitrogen and oxygen atoms in total. The zero-order valence-electron chi connectivity index (χ0n) is 7.04. The number of rotatable bonds is 1. The number of ketones is 2. The van der Waals surface area contributed by atoms with E-state index in [9.17, 15) is 14.7 Å². The van der Waals surface area contributed by atoms with E-state index >= 15 is 0 Å². The molecule has 0 aromatic rings. The second-order valence-corrected chi connectivity index (χ2v) is 3.23. The normalized spacial score (nSPS) is 30.5. The lowest BCUT2D eigenvalue weighted by Crippen LogP contribution is -2.33. The summed E-state index contributed by atoms with van der Waals surface area (Å²) in [5.41, 5.74) is 0.369. The number of carbonyl (C=O) groups is 2. The number of Topliss-reactive ketones (excluding diaryl/α,β-unsaturated/α-hetero) is 2. The van der Waals surface area contributed by atoms with E-state index in [1.54, 1.807) is 0 Å². The molecule has 3 heteroatoms. The fraction of sp³-hybridized carbons (Fsp3) is 0.556. The lowest BCUT2D eigenvalue weighted by Gasteiger charge is -2.24. The smallest absolute Gasteiger partial charge is 0.186 e. The summed E-state index contributed by atoms with van der Waals surface area (Å²) < 4.78 is 0. The average molecular weight is 168 g/mol. The molecule has 1 saturated carbocycles. The van der Waals surface area contributed by atoms with Crippen molar-refractivity contribution in [3.8, 4) is 0 Å². The van der Waals surface area contributed by atoms with Crippen LogP contribution in [0.1, 0.15) is 19.8 Å². The van der Waals surface area contributed by atoms with Gasteiger partial charge in [0.05, 0.1) is 0 Å². The van der Waals surface area contributed by atoms with E-state index in [0.29, 0.717) is 12.0 Å². The van der Waals surface area contributed by atoms with Gasteiger partial charge in [-0.25, -0.2) is 0 Å². The SMILES string of the molecule is C=C1CC(C(C)=O)CC(O)C1=O. The molecule has 1 fully saturated rings. The first kappa shape index (κ1) is 9.13. The number of aliphatic hydroxyl groups is 1. The van der Waals surface area contributed by atoms with Gasteiger partial charge in [0.2, 0.25) is 0 Å². The Morgan fingerprint density at radius 2 is 2.25 bits per heavy atom. The molecule has 0 aliphatic heterocycles. The van der Waals surface area contributed by atoms with Crippen molar-refractivity contribution in [1.82, 2.24) is 0 Å². The van der Waals surface area contributed by atoms with Gasteiger partial charge in [0, 0.05) is 5.92 Å². The van der Waals surface area contributed by atoms with Crippen molar-refractivity contribution in [1.29, 1.82) is 0 Å². The van der Waals surface area contributed by atoms with Crippen LogP contribution in [0.3, 0.4) is 0 Å². The van der Waals surface area contributed by atoms with Gasteiger partial charge in [0.1, 0.15) is 11.9 Å². The monoisotopic (exact) mass is 168 g/mol. The Kier molecular flexibility index (Phi) is 2.43. The Hall–Kier alpha value is -0.960. The first-order chi connectivity index (χ1) is 5.52. The van der Waals surface area contributed by atoms with Crippen LogP contribution < -0.4 is 0 Å². The van der Waals surface area contributed by atoms with E-state index in [-0.39, 0.29) is 23.9 Å². The molecule has 0 heterocycles. The van der Waals surface area contributed by atoms with E-state index in [0.717, 1.165) is 0 Å². The third kappa shape index (κ3) is 1.61. The zero-order chi connectivity index (χ0) is 9.30. The van der Waals surface area contributed by atoms with Gasteiger partial charge in [0.15, 0.2) is 5.78 Å². The summed E-state index contributed by atoms with van der Waals surface area (Å²) in [5.74, 6) is -0.514. The van der Waals surface area contributed by atoms with Gasteiger partial charge in [0.25, 0.3) is 0 Å². The Morgan fingerprint density at radius 1 is 1.67 bits per heavy atom. The maximum Gasteiger partial charge on any atom is 0.186 e. The molecule has 0 saturated heterocycles. The maximum atomic E-state index is 11.0. The Labute approximate surface area is 71.1 Å². The minimum atomic E-state index is -1.01. The Morgan fingerprint density at radius 3 is 2.67 bits per heavy atom. The first-order valence-electron chi connectivity index (χ1n) is 3.93. The molecule has 1 N–H and O–H groups in total. The highest BCUT2D eigenvalue weighted by Gasteiger charge is 2.31. The molecule has 0 spiro atoms. The molecule has 1 aliphatic carbocycles. The summed E-state index contributed by atoms with van der Waals surface area (Å²) in [5, 5.41) is 9.20. The third-order valence-corrected chi connectivity index (χ3v) is 2.23. The van der Waals surface area contributed by atoms with Crippen molar-refractivity contribution >= 4 is 11.6 Å². The van der Waals surface area contributed by atoms with Gasteiger partial charge in [-0.05, 0) is 25.3 Å². The third-order valence-electron chi connectivity index (χ3n) is 2.23. The topological polar surface area (TPSA) is 54.4 Å². The van der Waals surface area contributed by atoms with Crippen molar-refractivity contribution in [3.63, 3.8) is 0 Å². The molecule has 0 radical (unpaired) electrons. The highest BCUT2D eigenvalue weighted by Crippen LogP contribution is 2.25. The van der Waals surface area contributed by atoms with Gasteiger partial charge in [-0.2, -0.15) is 0 Å². The molecule has 2 unspecified atom stereocenters. The highest BCUT2D eigenvalue weighted by molar-refractivity contribution is 6.00. The van der Waals surface area contributed by atoms with E-state index in [1.807, 2.05) is 0 Å². The van der Waals surface area contributed by atoms with Crippen LogP contribution in [0.2, 0.25) is 0 Å². The summed E-state index contributed by atoms with van der Waals surface area (Å²) in [4.78, 5) is 22.0. The summed E-state index contributed by atoms with van der Waals surface area (Å²) in [6, 6.07) is 0. The fourth-order valence-electron chi connectivity index (χ4n) is 1.40.